The average molecular weight is 344 g/mol. The van der Waals surface area contributed by atoms with Gasteiger partial charge in [-0.3, -0.25) is 0 Å². The van der Waals surface area contributed by atoms with E-state index in [9.17, 15) is 13.2 Å². The van der Waals surface area contributed by atoms with Crippen LogP contribution < -0.4 is 5.11 Å². The van der Waals surface area contributed by atoms with Crippen molar-refractivity contribution in [2.75, 3.05) is 0 Å². The van der Waals surface area contributed by atoms with Gasteiger partial charge in [-0.15, -0.1) is 13.2 Å². The first-order valence-electron chi connectivity index (χ1n) is 7.60. The molecular formula is C17H19F3O2S. The Labute approximate surface area is 135 Å². The molecule has 0 bridgehead atoms. The number of hydrogen-bond donors (Lipinski definition) is 0. The standard InChI is InChI=1S/C15H16F3S.C2H4O2/c16-15(17,18)19-13-9-5-4-8-12(13)10-14(19)11-6-2-1-3-7-11;1-2(3)4/h4-5,8-11H,1-3,6-7H2;1H3,(H,3,4)/q+1;/p-1. The first-order chi connectivity index (χ1) is 10.8. The van der Waals surface area contributed by atoms with Crippen molar-refractivity contribution in [3.63, 3.8) is 0 Å². The van der Waals surface area contributed by atoms with E-state index >= 15 is 0 Å². The fourth-order valence-corrected chi connectivity index (χ4v) is 5.22. The molecular weight excluding hydrogens is 325 g/mol. The highest BCUT2D eigenvalue weighted by molar-refractivity contribution is 7.38. The molecule has 1 aromatic heterocycles. The average Bonchev–Trinajstić information content (AvgIpc) is 2.87. The summed E-state index contributed by atoms with van der Waals surface area (Å²) in [5, 5.41) is 9.66. The minimum atomic E-state index is -4.14. The maximum absolute atomic E-state index is 13.4. The summed E-state index contributed by atoms with van der Waals surface area (Å²) in [5.41, 5.74) is -4.14. The van der Waals surface area contributed by atoms with Gasteiger partial charge < -0.3 is 9.90 Å². The molecule has 126 valence electrons. The van der Waals surface area contributed by atoms with E-state index in [0.717, 1.165) is 44.4 Å². The molecule has 1 unspecified atom stereocenters. The predicted octanol–water partition coefficient (Wildman–Crippen LogP) is 4.87. The van der Waals surface area contributed by atoms with Crippen LogP contribution in [0.1, 0.15) is 49.8 Å². The second-order valence-electron chi connectivity index (χ2n) is 5.66. The number of carboxylic acids is 1. The molecule has 1 atom stereocenters. The maximum atomic E-state index is 13.4. The molecule has 1 saturated carbocycles. The lowest BCUT2D eigenvalue weighted by Crippen LogP contribution is -2.16. The van der Waals surface area contributed by atoms with Crippen LogP contribution in [0.3, 0.4) is 0 Å². The van der Waals surface area contributed by atoms with Crippen LogP contribution in [0.5, 0.6) is 0 Å². The van der Waals surface area contributed by atoms with Crippen LogP contribution in [-0.2, 0) is 10.3 Å². The molecule has 0 spiro atoms. The van der Waals surface area contributed by atoms with E-state index < -0.39 is 21.9 Å². The van der Waals surface area contributed by atoms with Crippen molar-refractivity contribution < 1.29 is 23.1 Å². The van der Waals surface area contributed by atoms with E-state index in [1.54, 1.807) is 18.2 Å². The first kappa shape index (κ1) is 17.8. The van der Waals surface area contributed by atoms with Gasteiger partial charge in [0.15, 0.2) is 9.58 Å². The van der Waals surface area contributed by atoms with Crippen LogP contribution in [0.15, 0.2) is 30.3 Å². The number of benzene rings is 1. The minimum absolute atomic E-state index is 0.131. The Morgan fingerprint density at radius 3 is 2.30 bits per heavy atom. The van der Waals surface area contributed by atoms with Crippen LogP contribution >= 0.6 is 10.5 Å². The van der Waals surface area contributed by atoms with Gasteiger partial charge in [-0.2, -0.15) is 0 Å². The van der Waals surface area contributed by atoms with E-state index in [1.807, 2.05) is 12.1 Å². The van der Waals surface area contributed by atoms with Crippen LogP contribution in [0.25, 0.3) is 10.1 Å². The molecule has 0 radical (unpaired) electrons. The van der Waals surface area contributed by atoms with Crippen molar-refractivity contribution in [1.29, 1.82) is 0 Å². The third-order valence-electron chi connectivity index (χ3n) is 3.91. The predicted molar refractivity (Wildman–Crippen MR) is 84.2 cm³/mol. The Morgan fingerprint density at radius 1 is 1.17 bits per heavy atom. The van der Waals surface area contributed by atoms with Gasteiger partial charge in [0.2, 0.25) is 0 Å². The topological polar surface area (TPSA) is 40.1 Å². The normalized spacial score (nSPS) is 16.8. The molecule has 1 aromatic carbocycles. The number of rotatable bonds is 1. The molecule has 1 fully saturated rings. The van der Waals surface area contributed by atoms with Gasteiger partial charge in [0, 0.05) is 23.3 Å². The lowest BCUT2D eigenvalue weighted by atomic mass is 9.88. The zero-order chi connectivity index (χ0) is 17.0. The van der Waals surface area contributed by atoms with Crippen molar-refractivity contribution in [2.45, 2.75) is 50.5 Å². The molecule has 2 aromatic rings. The summed E-state index contributed by atoms with van der Waals surface area (Å²) in [5.74, 6) is -0.953. The van der Waals surface area contributed by atoms with Crippen LogP contribution in [0.4, 0.5) is 13.2 Å². The van der Waals surface area contributed by atoms with Gasteiger partial charge in [-0.05, 0) is 31.9 Å². The molecule has 0 saturated heterocycles. The van der Waals surface area contributed by atoms with Crippen LogP contribution in [-0.4, -0.2) is 5.97 Å². The summed E-state index contributed by atoms with van der Waals surface area (Å²) < 4.78 is 40.7. The molecule has 0 amide bonds. The van der Waals surface area contributed by atoms with Crippen molar-refractivity contribution in [3.05, 3.63) is 35.2 Å². The van der Waals surface area contributed by atoms with Crippen molar-refractivity contribution in [1.82, 2.24) is 0 Å². The molecule has 1 heterocycles. The fourth-order valence-electron chi connectivity index (χ4n) is 3.05. The van der Waals surface area contributed by atoms with Gasteiger partial charge in [0.25, 0.3) is 0 Å². The number of carbonyl (C=O) groups is 1. The van der Waals surface area contributed by atoms with E-state index in [2.05, 4.69) is 0 Å². The number of thiophene rings is 1. The summed E-state index contributed by atoms with van der Waals surface area (Å²) in [7, 11) is -1.69. The maximum Gasteiger partial charge on any atom is 0.600 e. The third-order valence-corrected chi connectivity index (χ3v) is 6.11. The quantitative estimate of drug-likeness (QED) is 0.693. The monoisotopic (exact) mass is 344 g/mol. The number of carbonyl (C=O) groups excluding carboxylic acids is 1. The van der Waals surface area contributed by atoms with Crippen LogP contribution in [0.2, 0.25) is 0 Å². The zero-order valence-corrected chi connectivity index (χ0v) is 13.7. The minimum Gasteiger partial charge on any atom is -0.550 e. The molecule has 0 aliphatic heterocycles. The second kappa shape index (κ2) is 7.34. The third kappa shape index (κ3) is 4.47. The van der Waals surface area contributed by atoms with Gasteiger partial charge in [0.05, 0.1) is 10.5 Å². The summed E-state index contributed by atoms with van der Waals surface area (Å²) >= 11 is 0. The van der Waals surface area contributed by atoms with Crippen LogP contribution in [0, 0.1) is 0 Å². The Bertz CT molecular complexity index is 666. The number of alkyl halides is 3. The number of carboxylic acid groups (broad SMARTS) is 1. The molecule has 0 N–H and O–H groups in total. The summed E-state index contributed by atoms with van der Waals surface area (Å²) in [6.45, 7) is 0.972. The Hall–Kier alpha value is -1.56. The molecule has 1 aliphatic carbocycles. The van der Waals surface area contributed by atoms with Gasteiger partial charge in [0.1, 0.15) is 0 Å². The SMILES string of the molecule is CC(=O)[O-].FC(F)(F)[s+]1c(C2CCCCC2)cc2ccccc21. The van der Waals surface area contributed by atoms with E-state index in [0.29, 0.717) is 9.58 Å². The number of fused-ring (bicyclic) bond motifs is 1. The molecule has 23 heavy (non-hydrogen) atoms. The largest absolute Gasteiger partial charge is 0.600 e. The van der Waals surface area contributed by atoms with Crippen molar-refractivity contribution >= 4 is 26.5 Å². The van der Waals surface area contributed by atoms with E-state index in [1.165, 1.54) is 0 Å². The molecule has 1 aliphatic rings. The van der Waals surface area contributed by atoms with E-state index in [-0.39, 0.29) is 5.92 Å². The molecule has 3 rings (SSSR count). The fraction of sp³-hybridized carbons (Fsp3) is 0.471. The summed E-state index contributed by atoms with van der Waals surface area (Å²) in [6.07, 6.45) is 5.12. The van der Waals surface area contributed by atoms with Gasteiger partial charge in [-0.1, -0.05) is 31.4 Å². The highest BCUT2D eigenvalue weighted by Gasteiger charge is 2.49. The second-order valence-corrected chi connectivity index (χ2v) is 7.65. The van der Waals surface area contributed by atoms with E-state index in [4.69, 9.17) is 9.90 Å². The first-order valence-corrected chi connectivity index (χ1v) is 8.82. The molecule has 2 nitrogen and oxygen atoms in total. The number of halogens is 3. The lowest BCUT2D eigenvalue weighted by molar-refractivity contribution is -0.302. The number of aliphatic carboxylic acids is 1. The highest BCUT2D eigenvalue weighted by atomic mass is 32.2. The lowest BCUT2D eigenvalue weighted by Gasteiger charge is -2.18. The van der Waals surface area contributed by atoms with Crippen molar-refractivity contribution in [2.24, 2.45) is 0 Å². The number of hydrogen-bond acceptors (Lipinski definition) is 2. The van der Waals surface area contributed by atoms with Gasteiger partial charge >= 0.3 is 5.51 Å². The Balaban J connectivity index is 0.000000433. The Kier molecular flexibility index (Phi) is 5.68. The van der Waals surface area contributed by atoms with Crippen molar-refractivity contribution in [3.8, 4) is 0 Å². The molecule has 6 heteroatoms. The zero-order valence-electron chi connectivity index (χ0n) is 12.9. The Morgan fingerprint density at radius 2 is 1.74 bits per heavy atom. The smallest absolute Gasteiger partial charge is 0.550 e. The van der Waals surface area contributed by atoms with Gasteiger partial charge in [-0.25, -0.2) is 0 Å². The highest BCUT2D eigenvalue weighted by Crippen LogP contribution is 2.54. The summed E-state index contributed by atoms with van der Waals surface area (Å²) in [6, 6.07) is 8.77. The summed E-state index contributed by atoms with van der Waals surface area (Å²) in [4.78, 5) is 9.52.